The van der Waals surface area contributed by atoms with E-state index < -0.39 is 0 Å². The van der Waals surface area contributed by atoms with Crippen LogP contribution in [0.3, 0.4) is 0 Å². The zero-order valence-electron chi connectivity index (χ0n) is 13.0. The number of hydrogen-bond acceptors (Lipinski definition) is 3. The molecule has 4 nitrogen and oxygen atoms in total. The summed E-state index contributed by atoms with van der Waals surface area (Å²) in [7, 11) is 1.65. The van der Waals surface area contributed by atoms with Crippen LogP contribution >= 0.6 is 0 Å². The van der Waals surface area contributed by atoms with E-state index in [4.69, 9.17) is 9.47 Å². The van der Waals surface area contributed by atoms with E-state index in [9.17, 15) is 4.79 Å². The number of fused-ring (bicyclic) bond motifs is 1. The van der Waals surface area contributed by atoms with Crippen molar-refractivity contribution in [2.75, 3.05) is 7.11 Å². The first-order valence-electron chi connectivity index (χ1n) is 7.60. The van der Waals surface area contributed by atoms with Crippen molar-refractivity contribution in [1.29, 1.82) is 0 Å². The van der Waals surface area contributed by atoms with Gasteiger partial charge in [-0.2, -0.15) is 0 Å². The van der Waals surface area contributed by atoms with Gasteiger partial charge in [-0.25, -0.2) is 0 Å². The summed E-state index contributed by atoms with van der Waals surface area (Å²) in [6, 6.07) is 15.6. The number of methoxy groups -OCH3 is 1. The van der Waals surface area contributed by atoms with Crippen LogP contribution in [0, 0.1) is 0 Å². The summed E-state index contributed by atoms with van der Waals surface area (Å²) >= 11 is 0. The molecule has 1 N–H and O–H groups in total. The van der Waals surface area contributed by atoms with E-state index >= 15 is 0 Å². The summed E-state index contributed by atoms with van der Waals surface area (Å²) in [6.07, 6.45) is 2.94. The first kappa shape index (κ1) is 15.2. The number of nitrogens with one attached hydrogen (secondary N) is 1. The van der Waals surface area contributed by atoms with Crippen LogP contribution < -0.4 is 4.74 Å². The molecule has 0 fully saturated rings. The number of hydrogen-bond donors (Lipinski definition) is 1. The molecule has 0 spiro atoms. The number of benzene rings is 2. The van der Waals surface area contributed by atoms with Crippen LogP contribution in [0.5, 0.6) is 5.75 Å². The topological polar surface area (TPSA) is 51.3 Å². The Balaban J connectivity index is 1.58. The maximum Gasteiger partial charge on any atom is 0.306 e. The van der Waals surface area contributed by atoms with Gasteiger partial charge >= 0.3 is 5.97 Å². The van der Waals surface area contributed by atoms with Gasteiger partial charge in [0.2, 0.25) is 0 Å². The number of H-pyrrole nitrogens is 1. The summed E-state index contributed by atoms with van der Waals surface area (Å²) in [5.74, 6) is 0.621. The van der Waals surface area contributed by atoms with Gasteiger partial charge in [0.15, 0.2) is 0 Å². The van der Waals surface area contributed by atoms with Crippen molar-refractivity contribution in [3.63, 3.8) is 0 Å². The Kier molecular flexibility index (Phi) is 4.62. The Labute approximate surface area is 135 Å². The Morgan fingerprint density at radius 3 is 2.74 bits per heavy atom. The first-order valence-corrected chi connectivity index (χ1v) is 7.60. The molecule has 0 amide bonds. The molecule has 3 rings (SSSR count). The molecule has 0 saturated heterocycles. The summed E-state index contributed by atoms with van der Waals surface area (Å²) < 4.78 is 10.6. The zero-order chi connectivity index (χ0) is 16.1. The molecule has 0 aliphatic carbocycles. The lowest BCUT2D eigenvalue weighted by Crippen LogP contribution is -2.05. The van der Waals surface area contributed by atoms with Gasteiger partial charge in [-0.1, -0.05) is 30.3 Å². The van der Waals surface area contributed by atoms with Crippen molar-refractivity contribution in [3.8, 4) is 5.75 Å². The Morgan fingerprint density at radius 2 is 1.96 bits per heavy atom. The van der Waals surface area contributed by atoms with E-state index in [0.717, 1.165) is 27.8 Å². The van der Waals surface area contributed by atoms with Gasteiger partial charge in [0.1, 0.15) is 12.4 Å². The van der Waals surface area contributed by atoms with Crippen molar-refractivity contribution >= 4 is 16.9 Å². The second-order valence-corrected chi connectivity index (χ2v) is 5.37. The highest BCUT2D eigenvalue weighted by Crippen LogP contribution is 2.24. The molecule has 0 aliphatic rings. The Bertz CT molecular complexity index is 793. The van der Waals surface area contributed by atoms with Gasteiger partial charge in [-0.05, 0) is 35.7 Å². The summed E-state index contributed by atoms with van der Waals surface area (Å²) in [5.41, 5.74) is 3.13. The highest BCUT2D eigenvalue weighted by atomic mass is 16.5. The van der Waals surface area contributed by atoms with Crippen molar-refractivity contribution in [2.45, 2.75) is 19.4 Å². The van der Waals surface area contributed by atoms with E-state index in [1.165, 1.54) is 0 Å². The smallest absolute Gasteiger partial charge is 0.306 e. The van der Waals surface area contributed by atoms with Crippen molar-refractivity contribution in [2.24, 2.45) is 0 Å². The zero-order valence-corrected chi connectivity index (χ0v) is 13.0. The molecular formula is C19H19NO3. The molecule has 1 heterocycles. The van der Waals surface area contributed by atoms with Gasteiger partial charge in [-0.3, -0.25) is 4.79 Å². The first-order chi connectivity index (χ1) is 11.3. The minimum atomic E-state index is -0.189. The minimum absolute atomic E-state index is 0.189. The van der Waals surface area contributed by atoms with Crippen LogP contribution in [0.1, 0.15) is 17.5 Å². The van der Waals surface area contributed by atoms with E-state index in [1.807, 2.05) is 54.7 Å². The SMILES string of the molecule is COc1ccc2[nH]cc(CCC(=O)OCc3ccccc3)c2c1. The minimum Gasteiger partial charge on any atom is -0.497 e. The van der Waals surface area contributed by atoms with E-state index in [0.29, 0.717) is 19.4 Å². The number of aromatic amines is 1. The molecule has 2 aromatic carbocycles. The predicted octanol–water partition coefficient (Wildman–Crippen LogP) is 3.85. The molecule has 0 unspecified atom stereocenters. The van der Waals surface area contributed by atoms with Crippen molar-refractivity contribution in [1.82, 2.24) is 4.98 Å². The molecule has 0 saturated carbocycles. The molecular weight excluding hydrogens is 290 g/mol. The molecule has 0 atom stereocenters. The third-order valence-corrected chi connectivity index (χ3v) is 3.82. The van der Waals surface area contributed by atoms with Crippen LogP contribution in [-0.4, -0.2) is 18.1 Å². The number of aromatic nitrogens is 1. The quantitative estimate of drug-likeness (QED) is 0.704. The summed E-state index contributed by atoms with van der Waals surface area (Å²) in [6.45, 7) is 0.321. The lowest BCUT2D eigenvalue weighted by molar-refractivity contribution is -0.144. The van der Waals surface area contributed by atoms with E-state index in [1.54, 1.807) is 7.11 Å². The number of aryl methyl sites for hydroxylation is 1. The largest absolute Gasteiger partial charge is 0.497 e. The van der Waals surface area contributed by atoms with Crippen LogP contribution in [0.25, 0.3) is 10.9 Å². The Hall–Kier alpha value is -2.75. The van der Waals surface area contributed by atoms with Crippen LogP contribution in [0.15, 0.2) is 54.7 Å². The van der Waals surface area contributed by atoms with E-state index in [-0.39, 0.29) is 5.97 Å². The molecule has 23 heavy (non-hydrogen) atoms. The number of carbonyl (C=O) groups excluding carboxylic acids is 1. The number of ether oxygens (including phenoxy) is 2. The van der Waals surface area contributed by atoms with Crippen molar-refractivity contribution < 1.29 is 14.3 Å². The molecule has 4 heteroatoms. The molecule has 3 aromatic rings. The van der Waals surface area contributed by atoms with Gasteiger partial charge in [-0.15, -0.1) is 0 Å². The molecule has 118 valence electrons. The second-order valence-electron chi connectivity index (χ2n) is 5.37. The fourth-order valence-corrected chi connectivity index (χ4v) is 2.54. The number of rotatable bonds is 6. The standard InChI is InChI=1S/C19H19NO3/c1-22-16-8-9-18-17(11-16)15(12-20-18)7-10-19(21)23-13-14-5-3-2-4-6-14/h2-6,8-9,11-12,20H,7,10,13H2,1H3. The third-order valence-electron chi connectivity index (χ3n) is 3.82. The molecule has 1 aromatic heterocycles. The van der Waals surface area contributed by atoms with Crippen LogP contribution in [0.2, 0.25) is 0 Å². The maximum atomic E-state index is 11.9. The average Bonchev–Trinajstić information content (AvgIpc) is 3.01. The van der Waals surface area contributed by atoms with Crippen molar-refractivity contribution in [3.05, 3.63) is 65.9 Å². The van der Waals surface area contributed by atoms with E-state index in [2.05, 4.69) is 4.98 Å². The average molecular weight is 309 g/mol. The van der Waals surface area contributed by atoms with Crippen LogP contribution in [-0.2, 0) is 22.6 Å². The molecule has 0 aliphatic heterocycles. The monoisotopic (exact) mass is 309 g/mol. The van der Waals surface area contributed by atoms with Crippen LogP contribution in [0.4, 0.5) is 0 Å². The Morgan fingerprint density at radius 1 is 1.13 bits per heavy atom. The lowest BCUT2D eigenvalue weighted by atomic mass is 10.1. The summed E-state index contributed by atoms with van der Waals surface area (Å²) in [5, 5.41) is 1.08. The predicted molar refractivity (Wildman–Crippen MR) is 89.4 cm³/mol. The third kappa shape index (κ3) is 3.72. The summed E-state index contributed by atoms with van der Waals surface area (Å²) in [4.78, 5) is 15.1. The second kappa shape index (κ2) is 7.01. The lowest BCUT2D eigenvalue weighted by Gasteiger charge is -2.05. The van der Waals surface area contributed by atoms with Gasteiger partial charge in [0, 0.05) is 23.5 Å². The number of esters is 1. The fraction of sp³-hybridized carbons (Fsp3) is 0.211. The molecule has 0 radical (unpaired) electrons. The molecule has 0 bridgehead atoms. The van der Waals surface area contributed by atoms with Gasteiger partial charge < -0.3 is 14.5 Å². The number of carbonyl (C=O) groups is 1. The fourth-order valence-electron chi connectivity index (χ4n) is 2.54. The van der Waals surface area contributed by atoms with Gasteiger partial charge in [0.05, 0.1) is 7.11 Å². The maximum absolute atomic E-state index is 11.9. The normalized spacial score (nSPS) is 10.7. The highest BCUT2D eigenvalue weighted by molar-refractivity contribution is 5.85. The highest BCUT2D eigenvalue weighted by Gasteiger charge is 2.09. The van der Waals surface area contributed by atoms with Gasteiger partial charge in [0.25, 0.3) is 0 Å².